The number of amides is 2. The number of aryl methyl sites for hydroxylation is 1. The molecule has 0 aliphatic rings. The molecule has 0 aliphatic heterocycles. The van der Waals surface area contributed by atoms with Gasteiger partial charge in [0.25, 0.3) is 10.0 Å². The number of halogens is 1. The predicted octanol–water partition coefficient (Wildman–Crippen LogP) is 3.81. The maximum Gasteiger partial charge on any atom is 0.319 e. The topological polar surface area (TPSA) is 87.3 Å². The van der Waals surface area contributed by atoms with Gasteiger partial charge in [-0.25, -0.2) is 17.6 Å². The van der Waals surface area contributed by atoms with Crippen LogP contribution in [0.15, 0.2) is 47.4 Å². The number of anilines is 2. The molecule has 2 rings (SSSR count). The fourth-order valence-corrected chi connectivity index (χ4v) is 3.59. The Kier molecular flexibility index (Phi) is 7.09. The summed E-state index contributed by atoms with van der Waals surface area (Å²) in [6, 6.07) is 9.90. The Morgan fingerprint density at radius 1 is 1.22 bits per heavy atom. The molecule has 0 saturated carbocycles. The first-order valence-electron chi connectivity index (χ1n) is 8.18. The third-order valence-electron chi connectivity index (χ3n) is 3.80. The second kappa shape index (κ2) is 9.09. The molecule has 6 nitrogen and oxygen atoms in total. The number of hydrogen-bond acceptors (Lipinski definition) is 4. The third-order valence-corrected chi connectivity index (χ3v) is 6.16. The summed E-state index contributed by atoms with van der Waals surface area (Å²) in [4.78, 5) is 11.5. The van der Waals surface area contributed by atoms with E-state index in [-0.39, 0.29) is 10.9 Å². The van der Waals surface area contributed by atoms with Crippen molar-refractivity contribution < 1.29 is 17.6 Å². The molecule has 2 amide bonds. The van der Waals surface area contributed by atoms with Crippen molar-refractivity contribution in [2.45, 2.75) is 24.0 Å². The SMILES string of the molecule is CS[C@H](C)CNC(=O)Nc1cc(S(=O)(=O)Nc2ccccc2)c(F)cc1C. The lowest BCUT2D eigenvalue weighted by atomic mass is 10.2. The first-order chi connectivity index (χ1) is 12.7. The van der Waals surface area contributed by atoms with Crippen molar-refractivity contribution in [3.63, 3.8) is 0 Å². The number of rotatable bonds is 7. The number of nitrogens with one attached hydrogen (secondary N) is 3. The van der Waals surface area contributed by atoms with Crippen LogP contribution in [-0.2, 0) is 10.0 Å². The Morgan fingerprint density at radius 2 is 1.89 bits per heavy atom. The molecule has 146 valence electrons. The van der Waals surface area contributed by atoms with Crippen molar-refractivity contribution in [3.8, 4) is 0 Å². The van der Waals surface area contributed by atoms with E-state index in [1.54, 1.807) is 49.0 Å². The van der Waals surface area contributed by atoms with Crippen LogP contribution in [0.2, 0.25) is 0 Å². The highest BCUT2D eigenvalue weighted by Crippen LogP contribution is 2.25. The van der Waals surface area contributed by atoms with Gasteiger partial charge in [-0.05, 0) is 43.0 Å². The average molecular weight is 412 g/mol. The Bertz CT molecular complexity index is 906. The van der Waals surface area contributed by atoms with E-state index in [0.29, 0.717) is 17.8 Å². The molecule has 0 aliphatic carbocycles. The Hall–Kier alpha value is -2.26. The number of urea groups is 1. The van der Waals surface area contributed by atoms with E-state index in [1.165, 1.54) is 0 Å². The Labute approximate surface area is 163 Å². The molecule has 0 saturated heterocycles. The van der Waals surface area contributed by atoms with Crippen LogP contribution < -0.4 is 15.4 Å². The summed E-state index contributed by atoms with van der Waals surface area (Å²) in [6.07, 6.45) is 1.94. The molecular weight excluding hydrogens is 389 g/mol. The van der Waals surface area contributed by atoms with Crippen molar-refractivity contribution in [1.29, 1.82) is 0 Å². The van der Waals surface area contributed by atoms with Crippen LogP contribution in [0.25, 0.3) is 0 Å². The van der Waals surface area contributed by atoms with Gasteiger partial charge in [-0.2, -0.15) is 11.8 Å². The fraction of sp³-hybridized carbons (Fsp3) is 0.278. The van der Waals surface area contributed by atoms with Gasteiger partial charge in [-0.15, -0.1) is 0 Å². The van der Waals surface area contributed by atoms with E-state index in [0.717, 1.165) is 12.1 Å². The van der Waals surface area contributed by atoms with Crippen molar-refractivity contribution >= 4 is 39.2 Å². The van der Waals surface area contributed by atoms with Gasteiger partial charge in [0.2, 0.25) is 0 Å². The Morgan fingerprint density at radius 3 is 2.52 bits per heavy atom. The standard InChI is InChI=1S/C18H22FN3O3S2/c1-12-9-15(19)17(27(24,25)22-14-7-5-4-6-8-14)10-16(12)21-18(23)20-11-13(2)26-3/h4-10,13,22H,11H2,1-3H3,(H2,20,21,23)/t13-/m1/s1. The number of carbonyl (C=O) groups is 1. The van der Waals surface area contributed by atoms with Crippen LogP contribution in [0.3, 0.4) is 0 Å². The van der Waals surface area contributed by atoms with Crippen LogP contribution in [-0.4, -0.2) is 32.5 Å². The molecule has 0 heterocycles. The molecule has 0 radical (unpaired) electrons. The summed E-state index contributed by atoms with van der Waals surface area (Å²) >= 11 is 1.61. The van der Waals surface area contributed by atoms with Crippen LogP contribution in [0.4, 0.5) is 20.6 Å². The fourth-order valence-electron chi connectivity index (χ4n) is 2.20. The number of para-hydroxylation sites is 1. The highest BCUT2D eigenvalue weighted by Gasteiger charge is 2.21. The van der Waals surface area contributed by atoms with Crippen molar-refractivity contribution in [1.82, 2.24) is 5.32 Å². The zero-order valence-corrected chi connectivity index (χ0v) is 16.9. The molecular formula is C18H22FN3O3S2. The lowest BCUT2D eigenvalue weighted by Gasteiger charge is -2.15. The maximum absolute atomic E-state index is 14.3. The number of hydrogen-bond donors (Lipinski definition) is 3. The van der Waals surface area contributed by atoms with Crippen LogP contribution in [0.5, 0.6) is 0 Å². The average Bonchev–Trinajstić information content (AvgIpc) is 2.62. The van der Waals surface area contributed by atoms with Gasteiger partial charge in [0.1, 0.15) is 10.7 Å². The van der Waals surface area contributed by atoms with Gasteiger partial charge in [0.05, 0.1) is 0 Å². The van der Waals surface area contributed by atoms with Gasteiger partial charge < -0.3 is 10.6 Å². The smallest absolute Gasteiger partial charge is 0.319 e. The van der Waals surface area contributed by atoms with Gasteiger partial charge >= 0.3 is 6.03 Å². The number of sulfonamides is 1. The van der Waals surface area contributed by atoms with E-state index in [4.69, 9.17) is 0 Å². The lowest BCUT2D eigenvalue weighted by molar-refractivity contribution is 0.252. The van der Waals surface area contributed by atoms with E-state index >= 15 is 0 Å². The van der Waals surface area contributed by atoms with E-state index in [9.17, 15) is 17.6 Å². The minimum Gasteiger partial charge on any atom is -0.337 e. The molecule has 1 atom stereocenters. The summed E-state index contributed by atoms with van der Waals surface area (Å²) in [7, 11) is -4.15. The first kappa shape index (κ1) is 21.0. The van der Waals surface area contributed by atoms with Crippen molar-refractivity contribution in [2.75, 3.05) is 22.8 Å². The van der Waals surface area contributed by atoms with Crippen LogP contribution in [0.1, 0.15) is 12.5 Å². The lowest BCUT2D eigenvalue weighted by Crippen LogP contribution is -2.33. The van der Waals surface area contributed by atoms with Gasteiger partial charge in [0, 0.05) is 23.2 Å². The van der Waals surface area contributed by atoms with Gasteiger partial charge in [-0.1, -0.05) is 25.1 Å². The minimum absolute atomic E-state index is 0.221. The molecule has 0 aromatic heterocycles. The number of thioether (sulfide) groups is 1. The molecule has 27 heavy (non-hydrogen) atoms. The van der Waals surface area contributed by atoms with E-state index in [2.05, 4.69) is 15.4 Å². The second-order valence-corrected chi connectivity index (χ2v) is 8.88. The quantitative estimate of drug-likeness (QED) is 0.647. The normalized spacial score (nSPS) is 12.3. The van der Waals surface area contributed by atoms with E-state index < -0.39 is 26.8 Å². The maximum atomic E-state index is 14.3. The van der Waals surface area contributed by atoms with Crippen LogP contribution in [0, 0.1) is 12.7 Å². The summed E-state index contributed by atoms with van der Waals surface area (Å²) in [5, 5.41) is 5.50. The molecule has 2 aromatic carbocycles. The zero-order chi connectivity index (χ0) is 20.0. The third kappa shape index (κ3) is 5.86. The molecule has 0 unspecified atom stereocenters. The monoisotopic (exact) mass is 411 g/mol. The number of carbonyl (C=O) groups excluding carboxylic acids is 1. The summed E-state index contributed by atoms with van der Waals surface area (Å²) in [6.45, 7) is 4.01. The molecule has 0 fully saturated rings. The highest BCUT2D eigenvalue weighted by atomic mass is 32.2. The largest absolute Gasteiger partial charge is 0.337 e. The second-order valence-electron chi connectivity index (χ2n) is 5.95. The van der Waals surface area contributed by atoms with Gasteiger partial charge in [-0.3, -0.25) is 4.72 Å². The minimum atomic E-state index is -4.15. The Balaban J connectivity index is 2.23. The molecule has 0 bridgehead atoms. The summed E-state index contributed by atoms with van der Waals surface area (Å²) < 4.78 is 41.7. The molecule has 9 heteroatoms. The molecule has 3 N–H and O–H groups in total. The zero-order valence-electron chi connectivity index (χ0n) is 15.2. The van der Waals surface area contributed by atoms with Crippen LogP contribution >= 0.6 is 11.8 Å². The number of benzene rings is 2. The molecule has 2 aromatic rings. The summed E-state index contributed by atoms with van der Waals surface area (Å²) in [5.74, 6) is -0.891. The van der Waals surface area contributed by atoms with Crippen molar-refractivity contribution in [3.05, 3.63) is 53.8 Å². The first-order valence-corrected chi connectivity index (χ1v) is 11.0. The highest BCUT2D eigenvalue weighted by molar-refractivity contribution is 7.99. The predicted molar refractivity (Wildman–Crippen MR) is 108 cm³/mol. The van der Waals surface area contributed by atoms with E-state index in [1.807, 2.05) is 13.2 Å². The van der Waals surface area contributed by atoms with Crippen molar-refractivity contribution in [2.24, 2.45) is 0 Å². The van der Waals surface area contributed by atoms with Gasteiger partial charge in [0.15, 0.2) is 0 Å². The summed E-state index contributed by atoms with van der Waals surface area (Å²) in [5.41, 5.74) is 0.953. The molecule has 0 spiro atoms.